The van der Waals surface area contributed by atoms with Gasteiger partial charge in [0.15, 0.2) is 6.10 Å². The first kappa shape index (κ1) is 60.8. The van der Waals surface area contributed by atoms with Gasteiger partial charge in [0.05, 0.1) is 25.9 Å². The molecule has 0 fully saturated rings. The zero-order valence-corrected chi connectivity index (χ0v) is 40.5. The summed E-state index contributed by atoms with van der Waals surface area (Å²) in [5.41, 5.74) is 0. The van der Waals surface area contributed by atoms with Gasteiger partial charge in [0.1, 0.15) is 12.7 Å². The zero-order valence-electron chi connectivity index (χ0n) is 38.7. The van der Waals surface area contributed by atoms with Crippen molar-refractivity contribution in [2.24, 2.45) is 5.92 Å². The molecule has 5 atom stereocenters. The third-order valence-electron chi connectivity index (χ3n) is 10.0. The van der Waals surface area contributed by atoms with E-state index in [9.17, 15) is 33.8 Å². The van der Waals surface area contributed by atoms with Crippen molar-refractivity contribution in [1.82, 2.24) is 0 Å². The Kier molecular flexibility index (Phi) is 39.8. The first-order valence-electron chi connectivity index (χ1n) is 23.5. The second kappa shape index (κ2) is 41.2. The highest BCUT2D eigenvalue weighted by molar-refractivity contribution is 7.47. The highest BCUT2D eigenvalue weighted by atomic mass is 31.2. The summed E-state index contributed by atoms with van der Waals surface area (Å²) < 4.78 is 47.8. The Morgan fingerprint density at radius 1 is 0.587 bits per heavy atom. The SMILES string of the molecule is CC/C=C\C(O)C/C=C/C=C\C/C=C\C/C=C\CCCC(=O)OC[C@H](COP(=O)(O)OC[C@@H](O)COP(=O)(O)O)OC(=O)CCCCCCCCCCCCCCCCC(C)CC. The smallest absolute Gasteiger partial charge is 0.462 e. The largest absolute Gasteiger partial charge is 0.472 e. The Morgan fingerprint density at radius 3 is 1.71 bits per heavy atom. The minimum Gasteiger partial charge on any atom is -0.462 e. The number of hydrogen-bond donors (Lipinski definition) is 5. The summed E-state index contributed by atoms with van der Waals surface area (Å²) in [6, 6.07) is 0. The number of aliphatic hydroxyl groups is 2. The quantitative estimate of drug-likeness (QED) is 0.0126. The van der Waals surface area contributed by atoms with E-state index in [-0.39, 0.29) is 12.8 Å². The number of ether oxygens (including phenoxy) is 2. The van der Waals surface area contributed by atoms with Crippen LogP contribution in [0.15, 0.2) is 60.8 Å². The topological polar surface area (TPSA) is 216 Å². The van der Waals surface area contributed by atoms with Crippen LogP contribution in [0.3, 0.4) is 0 Å². The van der Waals surface area contributed by atoms with Gasteiger partial charge in [-0.1, -0.05) is 178 Å². The fourth-order valence-corrected chi connectivity index (χ4v) is 7.24. The van der Waals surface area contributed by atoms with Crippen LogP contribution in [0.25, 0.3) is 0 Å². The average Bonchev–Trinajstić information content (AvgIpc) is 3.24. The molecule has 366 valence electrons. The highest BCUT2D eigenvalue weighted by Gasteiger charge is 2.28. The minimum atomic E-state index is -4.88. The van der Waals surface area contributed by atoms with E-state index in [1.807, 2.05) is 55.5 Å². The van der Waals surface area contributed by atoms with Crippen LogP contribution in [0.4, 0.5) is 0 Å². The average molecular weight is 935 g/mol. The maximum absolute atomic E-state index is 12.7. The summed E-state index contributed by atoms with van der Waals surface area (Å²) in [5.74, 6) is -0.269. The lowest BCUT2D eigenvalue weighted by molar-refractivity contribution is -0.161. The van der Waals surface area contributed by atoms with Crippen LogP contribution in [-0.2, 0) is 41.8 Å². The molecule has 0 rings (SSSR count). The summed E-state index contributed by atoms with van der Waals surface area (Å²) in [7, 11) is -9.71. The molecule has 5 N–H and O–H groups in total. The van der Waals surface area contributed by atoms with E-state index < -0.39 is 72.3 Å². The molecule has 14 nitrogen and oxygen atoms in total. The van der Waals surface area contributed by atoms with Gasteiger partial charge in [-0.2, -0.15) is 0 Å². The van der Waals surface area contributed by atoms with Crippen LogP contribution in [0, 0.1) is 5.92 Å². The van der Waals surface area contributed by atoms with Crippen LogP contribution in [-0.4, -0.2) is 81.6 Å². The van der Waals surface area contributed by atoms with Gasteiger partial charge >= 0.3 is 27.6 Å². The number of unbranched alkanes of at least 4 members (excludes halogenated alkanes) is 14. The van der Waals surface area contributed by atoms with Crippen LogP contribution in [0.1, 0.15) is 175 Å². The Bertz CT molecular complexity index is 1380. The van der Waals surface area contributed by atoms with Crippen LogP contribution in [0.5, 0.6) is 0 Å². The molecule has 0 radical (unpaired) electrons. The number of phosphoric acid groups is 2. The summed E-state index contributed by atoms with van der Waals surface area (Å²) >= 11 is 0. The van der Waals surface area contributed by atoms with Gasteiger partial charge in [0.25, 0.3) is 0 Å². The van der Waals surface area contributed by atoms with E-state index in [1.165, 1.54) is 77.0 Å². The lowest BCUT2D eigenvalue weighted by atomic mass is 9.99. The molecule has 0 spiro atoms. The maximum atomic E-state index is 12.7. The van der Waals surface area contributed by atoms with Crippen LogP contribution >= 0.6 is 15.6 Å². The van der Waals surface area contributed by atoms with Crippen molar-refractivity contribution in [2.45, 2.75) is 193 Å². The van der Waals surface area contributed by atoms with Gasteiger partial charge in [0, 0.05) is 12.8 Å². The molecule has 0 heterocycles. The van der Waals surface area contributed by atoms with E-state index in [1.54, 1.807) is 6.08 Å². The standard InChI is InChI=1S/C47H84O14P2/c1-4-6-34-43(48)35-30-26-22-18-14-11-12-15-19-23-27-31-36-46(50)57-40-45(41-60-63(55,56)59-39-44(49)38-58-62(52,53)54)61-47(51)37-32-28-24-20-16-10-8-7-9-13-17-21-25-29-33-42(3)5-2/h6,11-12,18-19,22-23,26,30,34,42-45,48-49H,4-5,7-10,13-17,20-21,24-25,27-29,31-33,35-41H2,1-3H3,(H,55,56)(H2,52,53,54)/b12-11-,22-18-,23-19-,30-26+,34-6-/t42?,43?,44-,45+/m0/s1. The van der Waals surface area contributed by atoms with E-state index in [2.05, 4.69) is 29.0 Å². The molecule has 0 bridgehead atoms. The molecule has 63 heavy (non-hydrogen) atoms. The molecule has 0 saturated carbocycles. The molecule has 0 saturated heterocycles. The molecule has 16 heteroatoms. The number of hydrogen-bond acceptors (Lipinski definition) is 11. The van der Waals surface area contributed by atoms with Crippen LogP contribution in [0.2, 0.25) is 0 Å². The highest BCUT2D eigenvalue weighted by Crippen LogP contribution is 2.43. The van der Waals surface area contributed by atoms with Crippen molar-refractivity contribution in [3.8, 4) is 0 Å². The predicted molar refractivity (Wildman–Crippen MR) is 250 cm³/mol. The number of allylic oxidation sites excluding steroid dienone is 8. The Labute approximate surface area is 379 Å². The van der Waals surface area contributed by atoms with Crippen molar-refractivity contribution in [1.29, 1.82) is 0 Å². The van der Waals surface area contributed by atoms with E-state index in [0.717, 1.165) is 44.4 Å². The number of aliphatic hydroxyl groups excluding tert-OH is 2. The van der Waals surface area contributed by atoms with Gasteiger partial charge in [-0.05, 0) is 50.9 Å². The molecule has 0 amide bonds. The van der Waals surface area contributed by atoms with E-state index in [0.29, 0.717) is 25.7 Å². The molecule has 0 aliphatic rings. The molecule has 0 aromatic rings. The lowest BCUT2D eigenvalue weighted by Crippen LogP contribution is -2.30. The third kappa shape index (κ3) is 44.8. The second-order valence-corrected chi connectivity index (χ2v) is 18.8. The predicted octanol–water partition coefficient (Wildman–Crippen LogP) is 11.2. The van der Waals surface area contributed by atoms with Crippen molar-refractivity contribution in [2.75, 3.05) is 26.4 Å². The van der Waals surface area contributed by atoms with Gasteiger partial charge in [0.2, 0.25) is 0 Å². The number of esters is 2. The van der Waals surface area contributed by atoms with E-state index >= 15 is 0 Å². The molecule has 0 aromatic carbocycles. The van der Waals surface area contributed by atoms with Gasteiger partial charge in [-0.25, -0.2) is 9.13 Å². The molecular weight excluding hydrogens is 850 g/mol. The monoisotopic (exact) mass is 935 g/mol. The van der Waals surface area contributed by atoms with Gasteiger partial charge in [-0.15, -0.1) is 0 Å². The summed E-state index contributed by atoms with van der Waals surface area (Å²) in [5, 5.41) is 19.5. The van der Waals surface area contributed by atoms with Gasteiger partial charge in [-0.3, -0.25) is 23.2 Å². The minimum absolute atomic E-state index is 0.0981. The molecule has 3 unspecified atom stereocenters. The lowest BCUT2D eigenvalue weighted by Gasteiger charge is -2.20. The van der Waals surface area contributed by atoms with E-state index in [4.69, 9.17) is 23.8 Å². The molecule has 0 aliphatic carbocycles. The number of rotatable bonds is 43. The normalized spacial score (nSPS) is 15.5. The fourth-order valence-electron chi connectivity index (χ4n) is 6.09. The van der Waals surface area contributed by atoms with Crippen molar-refractivity contribution >= 4 is 27.6 Å². The van der Waals surface area contributed by atoms with Crippen LogP contribution < -0.4 is 0 Å². The van der Waals surface area contributed by atoms with Gasteiger partial charge < -0.3 is 34.4 Å². The third-order valence-corrected chi connectivity index (χ3v) is 11.5. The summed E-state index contributed by atoms with van der Waals surface area (Å²) in [6.07, 6.45) is 39.8. The Hall–Kier alpha value is -2.22. The van der Waals surface area contributed by atoms with Crippen molar-refractivity contribution < 1.29 is 66.7 Å². The summed E-state index contributed by atoms with van der Waals surface area (Å²) in [6.45, 7) is 3.82. The molecule has 0 aromatic heterocycles. The Balaban J connectivity index is 4.58. The second-order valence-electron chi connectivity index (χ2n) is 16.1. The van der Waals surface area contributed by atoms with Crippen molar-refractivity contribution in [3.05, 3.63) is 60.8 Å². The number of phosphoric ester groups is 2. The first-order chi connectivity index (χ1) is 30.2. The zero-order chi connectivity index (χ0) is 46.9. The Morgan fingerprint density at radius 2 is 1.11 bits per heavy atom. The number of carbonyl (C=O) groups is 2. The van der Waals surface area contributed by atoms with Crippen molar-refractivity contribution in [3.63, 3.8) is 0 Å². The molecule has 0 aliphatic heterocycles. The summed E-state index contributed by atoms with van der Waals surface area (Å²) in [4.78, 5) is 52.8. The molecular formula is C47H84O14P2. The fraction of sp³-hybridized carbons (Fsp3) is 0.745. The maximum Gasteiger partial charge on any atom is 0.472 e. The first-order valence-corrected chi connectivity index (χ1v) is 26.5. The number of carbonyl (C=O) groups excluding carboxylic acids is 2.